The van der Waals surface area contributed by atoms with Crippen molar-refractivity contribution < 1.29 is 18.0 Å². The minimum atomic E-state index is -4.47. The van der Waals surface area contributed by atoms with Crippen LogP contribution < -0.4 is 5.32 Å². The summed E-state index contributed by atoms with van der Waals surface area (Å²) in [5.74, 6) is -0.117. The van der Waals surface area contributed by atoms with E-state index in [0.717, 1.165) is 16.8 Å². The minimum absolute atomic E-state index is 0.0435. The lowest BCUT2D eigenvalue weighted by Gasteiger charge is -2.34. The van der Waals surface area contributed by atoms with Crippen LogP contribution in [0.15, 0.2) is 66.7 Å². The number of hydrogen-bond acceptors (Lipinski definition) is 4. The maximum Gasteiger partial charge on any atom is 0.410 e. The first kappa shape index (κ1) is 22.5. The smallest absolute Gasteiger partial charge is 0.363 e. The zero-order valence-electron chi connectivity index (χ0n) is 18.6. The number of amides is 1. The molecule has 5 rings (SSSR count). The van der Waals surface area contributed by atoms with Crippen LogP contribution in [0.3, 0.4) is 0 Å². The molecule has 2 atom stereocenters. The molecule has 1 aromatic heterocycles. The van der Waals surface area contributed by atoms with Crippen LogP contribution in [0.1, 0.15) is 40.1 Å². The molecule has 9 heteroatoms. The lowest BCUT2D eigenvalue weighted by Crippen LogP contribution is -2.48. The second kappa shape index (κ2) is 9.13. The highest BCUT2D eigenvalue weighted by atomic mass is 19.4. The van der Waals surface area contributed by atoms with Crippen molar-refractivity contribution >= 4 is 11.7 Å². The number of piperazine rings is 1. The number of carbonyl (C=O) groups excluding carboxylic acids is 1. The Balaban J connectivity index is 1.30. The summed E-state index contributed by atoms with van der Waals surface area (Å²) < 4.78 is 42.6. The number of nitrogens with zero attached hydrogens (tertiary/aromatic N) is 4. The second-order valence-electron chi connectivity index (χ2n) is 8.81. The Labute approximate surface area is 196 Å². The van der Waals surface area contributed by atoms with Gasteiger partial charge in [-0.05, 0) is 11.1 Å². The Kier molecular flexibility index (Phi) is 6.03. The molecule has 178 valence electrons. The average Bonchev–Trinajstić information content (AvgIpc) is 3.28. The molecular formula is C25H26F3N5O. The van der Waals surface area contributed by atoms with Crippen LogP contribution in [-0.2, 0) is 6.54 Å². The summed E-state index contributed by atoms with van der Waals surface area (Å²) in [7, 11) is 0. The molecule has 0 unspecified atom stereocenters. The quantitative estimate of drug-likeness (QED) is 0.611. The predicted molar refractivity (Wildman–Crippen MR) is 122 cm³/mol. The number of nitrogens with one attached hydrogen (secondary N) is 1. The number of fused-ring (bicyclic) bond motifs is 1. The van der Waals surface area contributed by atoms with E-state index in [2.05, 4.69) is 27.4 Å². The molecule has 1 amide bonds. The lowest BCUT2D eigenvalue weighted by atomic mass is 9.97. The molecule has 3 heterocycles. The topological polar surface area (TPSA) is 53.4 Å². The summed E-state index contributed by atoms with van der Waals surface area (Å²) >= 11 is 0. The molecule has 3 aromatic rings. The summed E-state index contributed by atoms with van der Waals surface area (Å²) in [5, 5.41) is 7.27. The van der Waals surface area contributed by atoms with Crippen molar-refractivity contribution in [2.75, 3.05) is 31.5 Å². The summed E-state index contributed by atoms with van der Waals surface area (Å²) in [6, 6.07) is 18.3. The van der Waals surface area contributed by atoms with E-state index in [0.29, 0.717) is 26.2 Å². The monoisotopic (exact) mass is 469 g/mol. The minimum Gasteiger partial charge on any atom is -0.363 e. The molecule has 0 bridgehead atoms. The Morgan fingerprint density at radius 2 is 1.62 bits per heavy atom. The molecule has 1 N–H and O–H groups in total. The molecular weight excluding hydrogens is 443 g/mol. The third-order valence-electron chi connectivity index (χ3n) is 6.52. The number of anilines is 1. The number of aromatic nitrogens is 2. The molecule has 2 aromatic carbocycles. The van der Waals surface area contributed by atoms with Gasteiger partial charge in [-0.15, -0.1) is 0 Å². The molecule has 1 saturated heterocycles. The van der Waals surface area contributed by atoms with Crippen LogP contribution >= 0.6 is 0 Å². The van der Waals surface area contributed by atoms with Crippen molar-refractivity contribution in [3.8, 4) is 0 Å². The van der Waals surface area contributed by atoms with Gasteiger partial charge in [-0.1, -0.05) is 60.7 Å². The van der Waals surface area contributed by atoms with Gasteiger partial charge in [0.2, 0.25) is 0 Å². The predicted octanol–water partition coefficient (Wildman–Crippen LogP) is 4.50. The molecule has 0 aliphatic carbocycles. The molecule has 6 nitrogen and oxygen atoms in total. The number of benzene rings is 2. The van der Waals surface area contributed by atoms with Gasteiger partial charge in [0.15, 0.2) is 11.7 Å². The van der Waals surface area contributed by atoms with Crippen molar-refractivity contribution in [2.24, 2.45) is 0 Å². The van der Waals surface area contributed by atoms with Gasteiger partial charge >= 0.3 is 6.18 Å². The SMILES string of the molecule is O=C(c1cc2n(n1)[C@H](C(F)(F)F)C[C@@H](c1ccccc1)N2)N1CCN(Cc2ccccc2)CC1. The maximum atomic E-state index is 13.9. The van der Waals surface area contributed by atoms with Gasteiger partial charge in [0.05, 0.1) is 6.04 Å². The number of halogens is 3. The highest BCUT2D eigenvalue weighted by Gasteiger charge is 2.47. The second-order valence-corrected chi connectivity index (χ2v) is 8.81. The van der Waals surface area contributed by atoms with Gasteiger partial charge in [0.1, 0.15) is 5.82 Å². The zero-order chi connectivity index (χ0) is 23.7. The van der Waals surface area contributed by atoms with Crippen molar-refractivity contribution in [1.82, 2.24) is 19.6 Å². The zero-order valence-corrected chi connectivity index (χ0v) is 18.6. The van der Waals surface area contributed by atoms with Crippen molar-refractivity contribution in [1.29, 1.82) is 0 Å². The van der Waals surface area contributed by atoms with Crippen LogP contribution in [0.25, 0.3) is 0 Å². The van der Waals surface area contributed by atoms with Gasteiger partial charge in [-0.2, -0.15) is 18.3 Å². The molecule has 34 heavy (non-hydrogen) atoms. The van der Waals surface area contributed by atoms with Gasteiger partial charge in [0.25, 0.3) is 5.91 Å². The van der Waals surface area contributed by atoms with Gasteiger partial charge in [-0.25, -0.2) is 4.68 Å². The van der Waals surface area contributed by atoms with E-state index in [-0.39, 0.29) is 23.8 Å². The Morgan fingerprint density at radius 3 is 2.26 bits per heavy atom. The molecule has 0 radical (unpaired) electrons. The van der Waals surface area contributed by atoms with Gasteiger partial charge in [-0.3, -0.25) is 9.69 Å². The van der Waals surface area contributed by atoms with Crippen molar-refractivity contribution in [3.05, 3.63) is 83.6 Å². The number of carbonyl (C=O) groups is 1. The van der Waals surface area contributed by atoms with E-state index >= 15 is 0 Å². The van der Waals surface area contributed by atoms with Crippen LogP contribution in [0, 0.1) is 0 Å². The van der Waals surface area contributed by atoms with Gasteiger partial charge in [0, 0.05) is 45.2 Å². The molecule has 2 aliphatic rings. The fraction of sp³-hybridized carbons (Fsp3) is 0.360. The summed E-state index contributed by atoms with van der Waals surface area (Å²) in [6.45, 7) is 3.23. The molecule has 2 aliphatic heterocycles. The van der Waals surface area contributed by atoms with Gasteiger partial charge < -0.3 is 10.2 Å². The fourth-order valence-electron chi connectivity index (χ4n) is 4.69. The largest absolute Gasteiger partial charge is 0.410 e. The molecule has 1 fully saturated rings. The summed E-state index contributed by atoms with van der Waals surface area (Å²) in [5.41, 5.74) is 2.02. The lowest BCUT2D eigenvalue weighted by molar-refractivity contribution is -0.173. The third kappa shape index (κ3) is 4.65. The summed E-state index contributed by atoms with van der Waals surface area (Å²) in [6.07, 6.45) is -4.66. The molecule has 0 spiro atoms. The van der Waals surface area contributed by atoms with E-state index in [4.69, 9.17) is 0 Å². The van der Waals surface area contributed by atoms with E-state index in [9.17, 15) is 18.0 Å². The maximum absolute atomic E-state index is 13.9. The van der Waals surface area contributed by atoms with Crippen LogP contribution in [0.5, 0.6) is 0 Å². The van der Waals surface area contributed by atoms with E-state index < -0.39 is 18.3 Å². The third-order valence-corrected chi connectivity index (χ3v) is 6.52. The average molecular weight is 470 g/mol. The Morgan fingerprint density at radius 1 is 0.971 bits per heavy atom. The highest BCUT2D eigenvalue weighted by molar-refractivity contribution is 5.93. The normalized spacial score (nSPS) is 21.1. The van der Waals surface area contributed by atoms with E-state index in [1.54, 1.807) is 29.2 Å². The first-order valence-corrected chi connectivity index (χ1v) is 11.4. The fourth-order valence-corrected chi connectivity index (χ4v) is 4.69. The summed E-state index contributed by atoms with van der Waals surface area (Å²) in [4.78, 5) is 17.1. The standard InChI is InChI=1S/C25H26F3N5O/c26-25(27,28)22-15-20(19-9-5-2-6-10-19)29-23-16-21(30-33(22)23)24(34)32-13-11-31(12-14-32)17-18-7-3-1-4-8-18/h1-10,16,20,22,29H,11-15,17H2/t20-,22-/m0/s1. The van der Waals surface area contributed by atoms with Crippen molar-refractivity contribution in [2.45, 2.75) is 31.2 Å². The van der Waals surface area contributed by atoms with E-state index in [1.165, 1.54) is 11.6 Å². The van der Waals surface area contributed by atoms with Crippen LogP contribution in [0.2, 0.25) is 0 Å². The Hall–Kier alpha value is -3.33. The van der Waals surface area contributed by atoms with Crippen molar-refractivity contribution in [3.63, 3.8) is 0 Å². The highest BCUT2D eigenvalue weighted by Crippen LogP contribution is 2.43. The van der Waals surface area contributed by atoms with Crippen LogP contribution in [-0.4, -0.2) is 57.8 Å². The first-order chi connectivity index (χ1) is 16.4. The number of rotatable bonds is 4. The van der Waals surface area contributed by atoms with Crippen LogP contribution in [0.4, 0.5) is 19.0 Å². The first-order valence-electron chi connectivity index (χ1n) is 11.4. The Bertz CT molecular complexity index is 1120. The molecule has 0 saturated carbocycles. The number of hydrogen-bond donors (Lipinski definition) is 1. The number of alkyl halides is 3. The van der Waals surface area contributed by atoms with E-state index in [1.807, 2.05) is 24.3 Å².